The topological polar surface area (TPSA) is 109 Å². The van der Waals surface area contributed by atoms with Crippen LogP contribution in [0, 0.1) is 0 Å². The van der Waals surface area contributed by atoms with Crippen molar-refractivity contribution in [2.24, 2.45) is 0 Å². The molecule has 0 spiro atoms. The number of nitrogens with zero attached hydrogens (tertiary/aromatic N) is 4. The molecule has 13 heteroatoms. The first-order valence-corrected chi connectivity index (χ1v) is 14.0. The second-order valence-electron chi connectivity index (χ2n) is 7.79. The second kappa shape index (κ2) is 9.75. The van der Waals surface area contributed by atoms with Crippen molar-refractivity contribution >= 4 is 83.0 Å². The number of aromatic nitrogens is 3. The number of benzene rings is 2. The molecule has 2 N–H and O–H groups in total. The number of rotatable bonds is 6. The van der Waals surface area contributed by atoms with Gasteiger partial charge in [-0.05, 0) is 36.4 Å². The lowest BCUT2D eigenvalue weighted by molar-refractivity contribution is 0.122. The average molecular weight is 551 g/mol. The standard InChI is InChI=1S/C22H20Cl2N6O3S2/c1-35(31,32)14-7-5-13(6-8-14)25-19-18-20(29-21(28-19)30-9-11-33-12-10-30)34-22(27-18)26-17-15(23)3-2-4-16(17)24/h2-8H,9-12H2,1H3,(H,26,27)(H,25,28,29). The first-order valence-electron chi connectivity index (χ1n) is 10.6. The molecule has 0 saturated carbocycles. The van der Waals surface area contributed by atoms with Gasteiger partial charge in [0.1, 0.15) is 5.52 Å². The maximum absolute atomic E-state index is 11.8. The molecule has 4 aromatic rings. The molecular weight excluding hydrogens is 531 g/mol. The largest absolute Gasteiger partial charge is 0.378 e. The van der Waals surface area contributed by atoms with Gasteiger partial charge < -0.3 is 20.3 Å². The van der Waals surface area contributed by atoms with E-state index in [2.05, 4.69) is 15.5 Å². The van der Waals surface area contributed by atoms with E-state index >= 15 is 0 Å². The zero-order valence-corrected chi connectivity index (χ0v) is 21.6. The summed E-state index contributed by atoms with van der Waals surface area (Å²) in [5, 5.41) is 7.96. The zero-order chi connectivity index (χ0) is 24.6. The minimum Gasteiger partial charge on any atom is -0.378 e. The Bertz CT molecular complexity index is 1470. The molecule has 0 amide bonds. The van der Waals surface area contributed by atoms with E-state index in [0.29, 0.717) is 75.0 Å². The molecule has 35 heavy (non-hydrogen) atoms. The van der Waals surface area contributed by atoms with Crippen molar-refractivity contribution in [2.75, 3.05) is 48.1 Å². The van der Waals surface area contributed by atoms with Crippen LogP contribution in [0.15, 0.2) is 47.4 Å². The van der Waals surface area contributed by atoms with Crippen LogP contribution in [-0.4, -0.2) is 55.9 Å². The van der Waals surface area contributed by atoms with E-state index in [4.69, 9.17) is 42.9 Å². The Kier molecular flexibility index (Phi) is 6.69. The second-order valence-corrected chi connectivity index (χ2v) is 11.6. The smallest absolute Gasteiger partial charge is 0.228 e. The van der Waals surface area contributed by atoms with E-state index in [9.17, 15) is 8.42 Å². The van der Waals surface area contributed by atoms with Crippen LogP contribution in [0.25, 0.3) is 10.3 Å². The van der Waals surface area contributed by atoms with Gasteiger partial charge >= 0.3 is 0 Å². The summed E-state index contributed by atoms with van der Waals surface area (Å²) in [6.45, 7) is 2.54. The number of thiazole rings is 1. The summed E-state index contributed by atoms with van der Waals surface area (Å²) >= 11 is 14.0. The van der Waals surface area contributed by atoms with Crippen LogP contribution in [0.1, 0.15) is 0 Å². The predicted molar refractivity (Wildman–Crippen MR) is 141 cm³/mol. The number of hydrogen-bond donors (Lipinski definition) is 2. The lowest BCUT2D eigenvalue weighted by atomic mass is 10.3. The molecule has 1 aliphatic rings. The third-order valence-electron chi connectivity index (χ3n) is 5.28. The summed E-state index contributed by atoms with van der Waals surface area (Å²) in [5.74, 6) is 1.06. The summed E-state index contributed by atoms with van der Waals surface area (Å²) in [6, 6.07) is 11.7. The molecule has 2 aromatic carbocycles. The van der Waals surface area contributed by atoms with Crippen molar-refractivity contribution in [3.8, 4) is 0 Å². The van der Waals surface area contributed by atoms with Gasteiger partial charge in [0.15, 0.2) is 25.6 Å². The van der Waals surface area contributed by atoms with Crippen molar-refractivity contribution in [3.63, 3.8) is 0 Å². The van der Waals surface area contributed by atoms with Gasteiger partial charge in [0.25, 0.3) is 0 Å². The van der Waals surface area contributed by atoms with Crippen LogP contribution in [0.4, 0.5) is 28.3 Å². The monoisotopic (exact) mass is 550 g/mol. The third kappa shape index (κ3) is 5.29. The molecule has 182 valence electrons. The van der Waals surface area contributed by atoms with Crippen molar-refractivity contribution < 1.29 is 13.2 Å². The van der Waals surface area contributed by atoms with E-state index in [1.807, 2.05) is 0 Å². The molecule has 5 rings (SSSR count). The van der Waals surface area contributed by atoms with Crippen LogP contribution in [-0.2, 0) is 14.6 Å². The molecule has 2 aromatic heterocycles. The Labute approximate surface area is 216 Å². The minimum atomic E-state index is -3.29. The SMILES string of the molecule is CS(=O)(=O)c1ccc(Nc2nc(N3CCOCC3)nc3sc(Nc4c(Cl)cccc4Cl)nc23)cc1. The van der Waals surface area contributed by atoms with Crippen molar-refractivity contribution in [3.05, 3.63) is 52.5 Å². The molecule has 0 atom stereocenters. The number of hydrogen-bond acceptors (Lipinski definition) is 10. The van der Waals surface area contributed by atoms with Crippen LogP contribution in [0.2, 0.25) is 10.0 Å². The lowest BCUT2D eigenvalue weighted by Crippen LogP contribution is -2.37. The van der Waals surface area contributed by atoms with E-state index in [0.717, 1.165) is 0 Å². The number of fused-ring (bicyclic) bond motifs is 1. The summed E-state index contributed by atoms with van der Waals surface area (Å²) in [7, 11) is -3.29. The van der Waals surface area contributed by atoms with Gasteiger partial charge in [0.2, 0.25) is 5.95 Å². The highest BCUT2D eigenvalue weighted by molar-refractivity contribution is 7.90. The zero-order valence-electron chi connectivity index (χ0n) is 18.5. The van der Waals surface area contributed by atoms with Crippen LogP contribution in [0.5, 0.6) is 0 Å². The number of sulfone groups is 1. The first kappa shape index (κ1) is 24.0. The molecule has 1 saturated heterocycles. The van der Waals surface area contributed by atoms with Gasteiger partial charge in [-0.3, -0.25) is 0 Å². The number of anilines is 5. The van der Waals surface area contributed by atoms with Crippen LogP contribution >= 0.6 is 34.5 Å². The predicted octanol–water partition coefficient (Wildman–Crippen LogP) is 5.12. The summed E-state index contributed by atoms with van der Waals surface area (Å²) in [5.41, 5.74) is 1.79. The Hall–Kier alpha value is -2.70. The van der Waals surface area contributed by atoms with Gasteiger partial charge in [-0.1, -0.05) is 40.6 Å². The summed E-state index contributed by atoms with van der Waals surface area (Å²) in [6.07, 6.45) is 1.17. The maximum Gasteiger partial charge on any atom is 0.228 e. The Morgan fingerprint density at radius 2 is 1.66 bits per heavy atom. The molecule has 0 radical (unpaired) electrons. The molecule has 9 nitrogen and oxygen atoms in total. The number of ether oxygens (including phenoxy) is 1. The highest BCUT2D eigenvalue weighted by Crippen LogP contribution is 2.37. The summed E-state index contributed by atoms with van der Waals surface area (Å²) in [4.78, 5) is 17.1. The minimum absolute atomic E-state index is 0.238. The van der Waals surface area contributed by atoms with Gasteiger partial charge in [-0.2, -0.15) is 9.97 Å². The first-order chi connectivity index (χ1) is 16.8. The van der Waals surface area contributed by atoms with Gasteiger partial charge in [0, 0.05) is 25.0 Å². The van der Waals surface area contributed by atoms with Crippen molar-refractivity contribution in [1.82, 2.24) is 15.0 Å². The highest BCUT2D eigenvalue weighted by Gasteiger charge is 2.20. The fraction of sp³-hybridized carbons (Fsp3) is 0.227. The maximum atomic E-state index is 11.8. The average Bonchev–Trinajstić information content (AvgIpc) is 3.25. The van der Waals surface area contributed by atoms with Gasteiger partial charge in [0.05, 0.1) is 33.8 Å². The quantitative estimate of drug-likeness (QED) is 0.338. The van der Waals surface area contributed by atoms with Gasteiger partial charge in [-0.15, -0.1) is 0 Å². The van der Waals surface area contributed by atoms with Crippen LogP contribution in [0.3, 0.4) is 0 Å². The van der Waals surface area contributed by atoms with Gasteiger partial charge in [-0.25, -0.2) is 13.4 Å². The lowest BCUT2D eigenvalue weighted by Gasteiger charge is -2.27. The Morgan fingerprint density at radius 1 is 0.971 bits per heavy atom. The molecule has 1 fully saturated rings. The molecule has 0 bridgehead atoms. The molecule has 3 heterocycles. The number of para-hydroxylation sites is 1. The van der Waals surface area contributed by atoms with Crippen molar-refractivity contribution in [1.29, 1.82) is 0 Å². The molecule has 1 aliphatic heterocycles. The normalized spacial score (nSPS) is 14.3. The third-order valence-corrected chi connectivity index (χ3v) is 7.90. The Balaban J connectivity index is 1.54. The number of halogens is 2. The highest BCUT2D eigenvalue weighted by atomic mass is 35.5. The summed E-state index contributed by atoms with van der Waals surface area (Å²) < 4.78 is 29.1. The van der Waals surface area contributed by atoms with Crippen molar-refractivity contribution in [2.45, 2.75) is 4.90 Å². The fourth-order valence-electron chi connectivity index (χ4n) is 3.50. The molecular formula is C22H20Cl2N6O3S2. The number of nitrogens with one attached hydrogen (secondary N) is 2. The van der Waals surface area contributed by atoms with E-state index < -0.39 is 9.84 Å². The fourth-order valence-corrected chi connectivity index (χ4v) is 5.46. The van der Waals surface area contributed by atoms with E-state index in [1.165, 1.54) is 17.6 Å². The molecule has 0 unspecified atom stereocenters. The number of morpholine rings is 1. The van der Waals surface area contributed by atoms with E-state index in [1.54, 1.807) is 42.5 Å². The van der Waals surface area contributed by atoms with E-state index in [-0.39, 0.29) is 4.90 Å². The molecule has 0 aliphatic carbocycles. The van der Waals surface area contributed by atoms with Crippen LogP contribution < -0.4 is 15.5 Å². The Morgan fingerprint density at radius 3 is 2.31 bits per heavy atom.